The van der Waals surface area contributed by atoms with Crippen molar-refractivity contribution in [2.75, 3.05) is 7.11 Å². The normalized spacial score (nSPS) is 12.3. The van der Waals surface area contributed by atoms with E-state index in [9.17, 15) is 23.1 Å². The van der Waals surface area contributed by atoms with Crippen molar-refractivity contribution >= 4 is 5.97 Å². The summed E-state index contributed by atoms with van der Waals surface area (Å²) in [6.07, 6.45) is -2.10. The van der Waals surface area contributed by atoms with Gasteiger partial charge < -0.3 is 9.84 Å². The first kappa shape index (κ1) is 12.5. The number of rotatable bonds is 3. The van der Waals surface area contributed by atoms with Crippen LogP contribution in [0.2, 0.25) is 0 Å². The van der Waals surface area contributed by atoms with Crippen LogP contribution in [0.25, 0.3) is 0 Å². The Morgan fingerprint density at radius 2 is 2.00 bits per heavy atom. The predicted octanol–water partition coefficient (Wildman–Crippen LogP) is 1.70. The second-order valence-corrected chi connectivity index (χ2v) is 3.06. The van der Waals surface area contributed by atoms with Crippen LogP contribution in [0.3, 0.4) is 0 Å². The first-order chi connectivity index (χ1) is 7.47. The maximum Gasteiger partial charge on any atom is 0.308 e. The van der Waals surface area contributed by atoms with Crippen molar-refractivity contribution < 1.29 is 27.8 Å². The number of aliphatic hydroxyl groups excluding tert-OH is 1. The minimum atomic E-state index is -1.68. The third kappa shape index (κ3) is 2.52. The van der Waals surface area contributed by atoms with Crippen LogP contribution < -0.4 is 0 Å². The number of carbonyl (C=O) groups is 1. The van der Waals surface area contributed by atoms with Crippen molar-refractivity contribution in [3.63, 3.8) is 0 Å². The summed E-state index contributed by atoms with van der Waals surface area (Å²) >= 11 is 0. The van der Waals surface area contributed by atoms with Gasteiger partial charge in [0, 0.05) is 5.56 Å². The van der Waals surface area contributed by atoms with Gasteiger partial charge in [-0.05, 0) is 6.07 Å². The summed E-state index contributed by atoms with van der Waals surface area (Å²) in [5.41, 5.74) is -0.482. The molecule has 0 aromatic heterocycles. The molecular weight excluding hydrogens is 225 g/mol. The van der Waals surface area contributed by atoms with Crippen molar-refractivity contribution in [1.82, 2.24) is 0 Å². The van der Waals surface area contributed by atoms with Crippen molar-refractivity contribution in [3.8, 4) is 0 Å². The Labute approximate surface area is 89.5 Å². The standard InChI is InChI=1S/C10H9F3O3/c1-16-8(15)4-7(14)5-2-3-6(11)10(13)9(5)12/h2-3,7,14H,4H2,1H3. The predicted molar refractivity (Wildman–Crippen MR) is 47.9 cm³/mol. The maximum atomic E-state index is 13.1. The van der Waals surface area contributed by atoms with Gasteiger partial charge in [-0.3, -0.25) is 4.79 Å². The summed E-state index contributed by atoms with van der Waals surface area (Å²) in [5, 5.41) is 9.39. The lowest BCUT2D eigenvalue weighted by atomic mass is 10.1. The molecule has 6 heteroatoms. The molecule has 3 nitrogen and oxygen atoms in total. The second kappa shape index (κ2) is 4.98. The lowest BCUT2D eigenvalue weighted by molar-refractivity contribution is -0.142. The summed E-state index contributed by atoms with van der Waals surface area (Å²) in [5.74, 6) is -5.32. The summed E-state index contributed by atoms with van der Waals surface area (Å²) in [6.45, 7) is 0. The Balaban J connectivity index is 2.96. The van der Waals surface area contributed by atoms with Gasteiger partial charge in [-0.2, -0.15) is 0 Å². The molecule has 0 heterocycles. The van der Waals surface area contributed by atoms with E-state index < -0.39 is 41.5 Å². The third-order valence-corrected chi connectivity index (χ3v) is 2.01. The number of aliphatic hydroxyl groups is 1. The molecule has 0 radical (unpaired) electrons. The van der Waals surface area contributed by atoms with E-state index in [1.807, 2.05) is 0 Å². The van der Waals surface area contributed by atoms with Gasteiger partial charge in [-0.15, -0.1) is 0 Å². The minimum absolute atomic E-state index is 0.482. The number of ether oxygens (including phenoxy) is 1. The number of halogens is 3. The second-order valence-electron chi connectivity index (χ2n) is 3.06. The highest BCUT2D eigenvalue weighted by Gasteiger charge is 2.21. The molecule has 0 fully saturated rings. The van der Waals surface area contributed by atoms with Gasteiger partial charge in [-0.1, -0.05) is 6.07 Å². The molecule has 1 aromatic carbocycles. The maximum absolute atomic E-state index is 13.1. The Morgan fingerprint density at radius 1 is 1.38 bits per heavy atom. The van der Waals surface area contributed by atoms with E-state index >= 15 is 0 Å². The van der Waals surface area contributed by atoms with Gasteiger partial charge in [0.05, 0.1) is 19.6 Å². The molecule has 16 heavy (non-hydrogen) atoms. The fourth-order valence-electron chi connectivity index (χ4n) is 1.15. The molecule has 0 aliphatic carbocycles. The molecular formula is C10H9F3O3. The molecule has 0 saturated carbocycles. The van der Waals surface area contributed by atoms with Gasteiger partial charge in [0.25, 0.3) is 0 Å². The molecule has 1 rings (SSSR count). The van der Waals surface area contributed by atoms with Crippen LogP contribution in [0.1, 0.15) is 18.1 Å². The average molecular weight is 234 g/mol. The van der Waals surface area contributed by atoms with E-state index in [1.165, 1.54) is 0 Å². The molecule has 0 aliphatic heterocycles. The zero-order valence-corrected chi connectivity index (χ0v) is 8.34. The van der Waals surface area contributed by atoms with E-state index in [4.69, 9.17) is 0 Å². The highest BCUT2D eigenvalue weighted by molar-refractivity contribution is 5.70. The summed E-state index contributed by atoms with van der Waals surface area (Å²) in [7, 11) is 1.09. The van der Waals surface area contributed by atoms with E-state index in [0.717, 1.165) is 13.2 Å². The van der Waals surface area contributed by atoms with E-state index in [2.05, 4.69) is 4.74 Å². The Morgan fingerprint density at radius 3 is 2.56 bits per heavy atom. The van der Waals surface area contributed by atoms with Crippen LogP contribution >= 0.6 is 0 Å². The van der Waals surface area contributed by atoms with Crippen molar-refractivity contribution in [1.29, 1.82) is 0 Å². The third-order valence-electron chi connectivity index (χ3n) is 2.01. The topological polar surface area (TPSA) is 46.5 Å². The Kier molecular flexibility index (Phi) is 3.89. The quantitative estimate of drug-likeness (QED) is 0.639. The fraction of sp³-hybridized carbons (Fsp3) is 0.300. The largest absolute Gasteiger partial charge is 0.469 e. The van der Waals surface area contributed by atoms with Gasteiger partial charge in [0.1, 0.15) is 0 Å². The molecule has 1 aromatic rings. The Bertz CT molecular complexity index is 407. The average Bonchev–Trinajstić information content (AvgIpc) is 2.25. The lowest BCUT2D eigenvalue weighted by Gasteiger charge is -2.11. The summed E-state index contributed by atoms with van der Waals surface area (Å²) in [4.78, 5) is 10.8. The number of methoxy groups -OCH3 is 1. The summed E-state index contributed by atoms with van der Waals surface area (Å²) in [6, 6.07) is 1.55. The highest BCUT2D eigenvalue weighted by Crippen LogP contribution is 2.23. The van der Waals surface area contributed by atoms with Crippen LogP contribution in [0, 0.1) is 17.5 Å². The van der Waals surface area contributed by atoms with Gasteiger partial charge in [0.2, 0.25) is 0 Å². The van der Waals surface area contributed by atoms with Crippen molar-refractivity contribution in [2.24, 2.45) is 0 Å². The first-order valence-electron chi connectivity index (χ1n) is 4.35. The first-order valence-corrected chi connectivity index (χ1v) is 4.35. The Hall–Kier alpha value is -1.56. The van der Waals surface area contributed by atoms with E-state index in [1.54, 1.807) is 0 Å². The van der Waals surface area contributed by atoms with Gasteiger partial charge in [0.15, 0.2) is 17.5 Å². The van der Waals surface area contributed by atoms with Crippen molar-refractivity contribution in [2.45, 2.75) is 12.5 Å². The fourth-order valence-corrected chi connectivity index (χ4v) is 1.15. The lowest BCUT2D eigenvalue weighted by Crippen LogP contribution is -2.10. The number of hydrogen-bond donors (Lipinski definition) is 1. The smallest absolute Gasteiger partial charge is 0.308 e. The zero-order valence-electron chi connectivity index (χ0n) is 8.34. The molecule has 0 saturated heterocycles. The summed E-state index contributed by atoms with van der Waals surface area (Å²) < 4.78 is 42.7. The zero-order chi connectivity index (χ0) is 12.3. The molecule has 88 valence electrons. The van der Waals surface area contributed by atoms with Crippen LogP contribution in [-0.2, 0) is 9.53 Å². The van der Waals surface area contributed by atoms with E-state index in [-0.39, 0.29) is 0 Å². The molecule has 0 spiro atoms. The molecule has 0 bridgehead atoms. The molecule has 1 atom stereocenters. The number of esters is 1. The number of hydrogen-bond acceptors (Lipinski definition) is 3. The number of carbonyl (C=O) groups excluding carboxylic acids is 1. The molecule has 0 amide bonds. The minimum Gasteiger partial charge on any atom is -0.469 e. The van der Waals surface area contributed by atoms with Gasteiger partial charge in [-0.25, -0.2) is 13.2 Å². The van der Waals surface area contributed by atoms with Crippen molar-refractivity contribution in [3.05, 3.63) is 35.1 Å². The van der Waals surface area contributed by atoms with Crippen LogP contribution in [0.5, 0.6) is 0 Å². The highest BCUT2D eigenvalue weighted by atomic mass is 19.2. The van der Waals surface area contributed by atoms with Crippen LogP contribution in [-0.4, -0.2) is 18.2 Å². The molecule has 1 N–H and O–H groups in total. The molecule has 1 unspecified atom stereocenters. The number of benzene rings is 1. The molecule has 0 aliphatic rings. The van der Waals surface area contributed by atoms with Gasteiger partial charge >= 0.3 is 5.97 Å². The SMILES string of the molecule is COC(=O)CC(O)c1ccc(F)c(F)c1F. The monoisotopic (exact) mass is 234 g/mol. The van der Waals surface area contributed by atoms with Crippen LogP contribution in [0.15, 0.2) is 12.1 Å². The van der Waals surface area contributed by atoms with E-state index in [0.29, 0.717) is 6.07 Å². The van der Waals surface area contributed by atoms with Crippen LogP contribution in [0.4, 0.5) is 13.2 Å².